The van der Waals surface area contributed by atoms with Crippen LogP contribution < -0.4 is 10.1 Å². The standard InChI is InChI=1S/C17H27N3O/c1-13-9-16(21-2)10-15(19-13)12-20-8-4-5-14(11-20)17-6-3-7-18-17/h9-10,14,17-18H,3-8,11-12H2,1-2H3. The van der Waals surface area contributed by atoms with Crippen molar-refractivity contribution >= 4 is 0 Å². The van der Waals surface area contributed by atoms with Crippen molar-refractivity contribution in [3.05, 3.63) is 23.5 Å². The van der Waals surface area contributed by atoms with Gasteiger partial charge in [0.25, 0.3) is 0 Å². The third-order valence-corrected chi connectivity index (χ3v) is 4.81. The molecule has 2 fully saturated rings. The Morgan fingerprint density at radius 3 is 3.00 bits per heavy atom. The van der Waals surface area contributed by atoms with Gasteiger partial charge >= 0.3 is 0 Å². The molecule has 3 rings (SSSR count). The highest BCUT2D eigenvalue weighted by Crippen LogP contribution is 2.26. The van der Waals surface area contributed by atoms with Crippen LogP contribution in [0.5, 0.6) is 5.75 Å². The first-order chi connectivity index (χ1) is 10.2. The lowest BCUT2D eigenvalue weighted by atomic mass is 9.90. The largest absolute Gasteiger partial charge is 0.497 e. The summed E-state index contributed by atoms with van der Waals surface area (Å²) in [7, 11) is 1.72. The molecule has 1 aromatic heterocycles. The van der Waals surface area contributed by atoms with E-state index in [0.29, 0.717) is 0 Å². The van der Waals surface area contributed by atoms with Gasteiger partial charge in [-0.1, -0.05) is 0 Å². The van der Waals surface area contributed by atoms with E-state index < -0.39 is 0 Å². The van der Waals surface area contributed by atoms with Crippen LogP contribution in [-0.4, -0.2) is 42.7 Å². The molecule has 2 saturated heterocycles. The second-order valence-electron chi connectivity index (χ2n) is 6.48. The minimum Gasteiger partial charge on any atom is -0.497 e. The number of aromatic nitrogens is 1. The van der Waals surface area contributed by atoms with E-state index >= 15 is 0 Å². The monoisotopic (exact) mass is 289 g/mol. The summed E-state index contributed by atoms with van der Waals surface area (Å²) < 4.78 is 5.36. The Hall–Kier alpha value is -1.13. The third kappa shape index (κ3) is 3.74. The van der Waals surface area contributed by atoms with Crippen molar-refractivity contribution in [3.63, 3.8) is 0 Å². The summed E-state index contributed by atoms with van der Waals surface area (Å²) >= 11 is 0. The number of piperidine rings is 1. The molecule has 3 heterocycles. The van der Waals surface area contributed by atoms with E-state index in [1.807, 2.05) is 13.0 Å². The van der Waals surface area contributed by atoms with Gasteiger partial charge in [-0.3, -0.25) is 9.88 Å². The van der Waals surface area contributed by atoms with Gasteiger partial charge in [-0.05, 0) is 51.6 Å². The number of nitrogens with one attached hydrogen (secondary N) is 1. The van der Waals surface area contributed by atoms with Gasteiger partial charge in [0.1, 0.15) is 5.75 Å². The molecule has 0 aliphatic carbocycles. The van der Waals surface area contributed by atoms with E-state index in [1.54, 1.807) is 7.11 Å². The number of aryl methyl sites for hydroxylation is 1. The van der Waals surface area contributed by atoms with Crippen molar-refractivity contribution in [1.29, 1.82) is 0 Å². The van der Waals surface area contributed by atoms with E-state index in [-0.39, 0.29) is 0 Å². The maximum absolute atomic E-state index is 5.36. The Kier molecular flexibility index (Phi) is 4.76. The summed E-state index contributed by atoms with van der Waals surface area (Å²) in [5.41, 5.74) is 2.17. The van der Waals surface area contributed by atoms with Gasteiger partial charge in [0.15, 0.2) is 0 Å². The highest BCUT2D eigenvalue weighted by molar-refractivity contribution is 5.26. The molecule has 0 spiro atoms. The van der Waals surface area contributed by atoms with Gasteiger partial charge < -0.3 is 10.1 Å². The van der Waals surface area contributed by atoms with Gasteiger partial charge in [-0.25, -0.2) is 0 Å². The van der Waals surface area contributed by atoms with Crippen LogP contribution in [0.2, 0.25) is 0 Å². The number of nitrogens with zero attached hydrogens (tertiary/aromatic N) is 2. The minimum atomic E-state index is 0.743. The Morgan fingerprint density at radius 1 is 1.33 bits per heavy atom. The summed E-state index contributed by atoms with van der Waals surface area (Å²) in [6.45, 7) is 6.59. The number of hydrogen-bond acceptors (Lipinski definition) is 4. The molecule has 2 unspecified atom stereocenters. The van der Waals surface area contributed by atoms with Crippen LogP contribution >= 0.6 is 0 Å². The maximum atomic E-state index is 5.36. The summed E-state index contributed by atoms with van der Waals surface area (Å²) in [5, 5.41) is 3.68. The van der Waals surface area contributed by atoms with Gasteiger partial charge in [0, 0.05) is 37.0 Å². The highest BCUT2D eigenvalue weighted by Gasteiger charge is 2.29. The lowest BCUT2D eigenvalue weighted by Crippen LogP contribution is -2.43. The summed E-state index contributed by atoms with van der Waals surface area (Å²) in [6, 6.07) is 4.81. The number of likely N-dealkylation sites (tertiary alicyclic amines) is 1. The molecule has 0 bridgehead atoms. The second-order valence-corrected chi connectivity index (χ2v) is 6.48. The van der Waals surface area contributed by atoms with E-state index in [1.165, 1.54) is 45.3 Å². The smallest absolute Gasteiger partial charge is 0.122 e. The molecule has 2 aliphatic rings. The Morgan fingerprint density at radius 2 is 2.24 bits per heavy atom. The molecule has 0 saturated carbocycles. The number of hydrogen-bond donors (Lipinski definition) is 1. The number of pyridine rings is 1. The molecule has 0 radical (unpaired) electrons. The Labute approximate surface area is 127 Å². The summed E-state index contributed by atoms with van der Waals surface area (Å²) in [4.78, 5) is 7.23. The summed E-state index contributed by atoms with van der Waals surface area (Å²) in [6.07, 6.45) is 5.39. The van der Waals surface area contributed by atoms with Crippen molar-refractivity contribution < 1.29 is 4.74 Å². The van der Waals surface area contributed by atoms with E-state index in [4.69, 9.17) is 4.74 Å². The molecule has 0 amide bonds. The molecule has 1 N–H and O–H groups in total. The van der Waals surface area contributed by atoms with Gasteiger partial charge in [0.2, 0.25) is 0 Å². The van der Waals surface area contributed by atoms with Crippen LogP contribution in [0, 0.1) is 12.8 Å². The SMILES string of the molecule is COc1cc(C)nc(CN2CCCC(C3CCCN3)C2)c1. The fourth-order valence-electron chi connectivity index (χ4n) is 3.81. The van der Waals surface area contributed by atoms with Crippen molar-refractivity contribution in [2.24, 2.45) is 5.92 Å². The molecule has 2 atom stereocenters. The molecular formula is C17H27N3O. The van der Waals surface area contributed by atoms with E-state index in [2.05, 4.69) is 21.3 Å². The first-order valence-electron chi connectivity index (χ1n) is 8.22. The number of ether oxygens (including phenoxy) is 1. The molecule has 1 aromatic rings. The van der Waals surface area contributed by atoms with Crippen LogP contribution in [-0.2, 0) is 6.54 Å². The van der Waals surface area contributed by atoms with Crippen LogP contribution in [0.4, 0.5) is 0 Å². The predicted octanol–water partition coefficient (Wildman–Crippen LogP) is 2.36. The zero-order valence-electron chi connectivity index (χ0n) is 13.3. The Bertz CT molecular complexity index is 471. The normalized spacial score (nSPS) is 27.0. The highest BCUT2D eigenvalue weighted by atomic mass is 16.5. The van der Waals surface area contributed by atoms with Crippen molar-refractivity contribution in [2.45, 2.75) is 45.2 Å². The van der Waals surface area contributed by atoms with E-state index in [9.17, 15) is 0 Å². The van der Waals surface area contributed by atoms with E-state index in [0.717, 1.165) is 35.6 Å². The van der Waals surface area contributed by atoms with Crippen LogP contribution in [0.3, 0.4) is 0 Å². The zero-order chi connectivity index (χ0) is 14.7. The van der Waals surface area contributed by atoms with Crippen LogP contribution in [0.15, 0.2) is 12.1 Å². The first-order valence-corrected chi connectivity index (χ1v) is 8.22. The Balaban J connectivity index is 1.62. The molecule has 116 valence electrons. The zero-order valence-corrected chi connectivity index (χ0v) is 13.3. The topological polar surface area (TPSA) is 37.4 Å². The van der Waals surface area contributed by atoms with Crippen LogP contribution in [0.25, 0.3) is 0 Å². The average Bonchev–Trinajstić information content (AvgIpc) is 3.01. The van der Waals surface area contributed by atoms with Crippen molar-refractivity contribution in [1.82, 2.24) is 15.2 Å². The van der Waals surface area contributed by atoms with Crippen molar-refractivity contribution in [2.75, 3.05) is 26.7 Å². The predicted molar refractivity (Wildman–Crippen MR) is 84.6 cm³/mol. The van der Waals surface area contributed by atoms with Gasteiger partial charge in [0.05, 0.1) is 12.8 Å². The fourth-order valence-corrected chi connectivity index (χ4v) is 3.81. The average molecular weight is 289 g/mol. The third-order valence-electron chi connectivity index (χ3n) is 4.81. The minimum absolute atomic E-state index is 0.743. The first kappa shape index (κ1) is 14.8. The quantitative estimate of drug-likeness (QED) is 0.923. The second kappa shape index (κ2) is 6.75. The molecule has 4 nitrogen and oxygen atoms in total. The number of methoxy groups -OCH3 is 1. The molecular weight excluding hydrogens is 262 g/mol. The molecule has 21 heavy (non-hydrogen) atoms. The van der Waals surface area contributed by atoms with Crippen molar-refractivity contribution in [3.8, 4) is 5.75 Å². The summed E-state index contributed by atoms with van der Waals surface area (Å²) in [5.74, 6) is 1.73. The van der Waals surface area contributed by atoms with Crippen LogP contribution in [0.1, 0.15) is 37.1 Å². The van der Waals surface area contributed by atoms with Gasteiger partial charge in [-0.2, -0.15) is 0 Å². The molecule has 0 aromatic carbocycles. The fraction of sp³-hybridized carbons (Fsp3) is 0.706. The van der Waals surface area contributed by atoms with Gasteiger partial charge in [-0.15, -0.1) is 0 Å². The maximum Gasteiger partial charge on any atom is 0.122 e. The molecule has 2 aliphatic heterocycles. The molecule has 4 heteroatoms. The lowest BCUT2D eigenvalue weighted by molar-refractivity contribution is 0.144. The number of rotatable bonds is 4. The lowest BCUT2D eigenvalue weighted by Gasteiger charge is -2.35.